The van der Waals surface area contributed by atoms with Crippen LogP contribution in [0.3, 0.4) is 0 Å². The van der Waals surface area contributed by atoms with Gasteiger partial charge in [-0.15, -0.1) is 11.8 Å². The van der Waals surface area contributed by atoms with Crippen LogP contribution >= 0.6 is 11.8 Å². The van der Waals surface area contributed by atoms with Gasteiger partial charge in [0, 0.05) is 0 Å². The molecule has 0 aromatic heterocycles. The summed E-state index contributed by atoms with van der Waals surface area (Å²) in [5.74, 6) is 0.284. The molecule has 2 atom stereocenters. The van der Waals surface area contributed by atoms with Crippen LogP contribution in [0.5, 0.6) is 0 Å². The van der Waals surface area contributed by atoms with Crippen molar-refractivity contribution < 1.29 is 14.6 Å². The van der Waals surface area contributed by atoms with Crippen LogP contribution in [0.15, 0.2) is 54.6 Å². The van der Waals surface area contributed by atoms with Crippen molar-refractivity contribution in [3.63, 3.8) is 0 Å². The number of hydrogen-bond acceptors (Lipinski definition) is 3. The highest BCUT2D eigenvalue weighted by Gasteiger charge is 2.16. The Hall–Kier alpha value is -1.78. The molecule has 0 bridgehead atoms. The molecule has 0 aliphatic heterocycles. The van der Waals surface area contributed by atoms with Crippen molar-refractivity contribution >= 4 is 17.7 Å². The van der Waals surface area contributed by atoms with Gasteiger partial charge in [-0.3, -0.25) is 0 Å². The van der Waals surface area contributed by atoms with Crippen molar-refractivity contribution in [2.45, 2.75) is 154 Å². The highest BCUT2D eigenvalue weighted by molar-refractivity contribution is 7.99. The number of hydrogen-bond donors (Lipinski definition) is 1. The maximum Gasteiger partial charge on any atom is 0.335 e. The molecule has 2 aromatic rings. The Bertz CT molecular complexity index is 916. The Labute approximate surface area is 262 Å². The second-order valence-electron chi connectivity index (χ2n) is 12.1. The highest BCUT2D eigenvalue weighted by atomic mass is 32.2. The number of rotatable bonds is 27. The monoisotopic (exact) mass is 596 g/mol. The zero-order chi connectivity index (χ0) is 30.1. The van der Waals surface area contributed by atoms with E-state index in [0.29, 0.717) is 5.56 Å². The van der Waals surface area contributed by atoms with Gasteiger partial charge in [0.2, 0.25) is 0 Å². The van der Waals surface area contributed by atoms with E-state index >= 15 is 0 Å². The van der Waals surface area contributed by atoms with Gasteiger partial charge in [-0.25, -0.2) is 4.79 Å². The molecule has 0 heterocycles. The fourth-order valence-electron chi connectivity index (χ4n) is 5.66. The van der Waals surface area contributed by atoms with Gasteiger partial charge >= 0.3 is 5.97 Å². The van der Waals surface area contributed by atoms with Crippen LogP contribution in [0.1, 0.15) is 151 Å². The largest absolute Gasteiger partial charge is 0.478 e. The van der Waals surface area contributed by atoms with Crippen molar-refractivity contribution in [1.29, 1.82) is 0 Å². The smallest absolute Gasteiger partial charge is 0.335 e. The average Bonchev–Trinajstić information content (AvgIpc) is 3.00. The first kappa shape index (κ1) is 36.4. The molecule has 0 aliphatic carbocycles. The number of benzene rings is 2. The summed E-state index contributed by atoms with van der Waals surface area (Å²) in [6, 6.07) is 18.3. The third kappa shape index (κ3) is 18.0. The lowest BCUT2D eigenvalue weighted by Crippen LogP contribution is -2.19. The maximum atomic E-state index is 11.7. The number of unbranched alkanes of at least 4 members (excludes halogenated alkanes) is 14. The topological polar surface area (TPSA) is 46.5 Å². The summed E-state index contributed by atoms with van der Waals surface area (Å²) >= 11 is 1.94. The minimum Gasteiger partial charge on any atom is -0.478 e. The Morgan fingerprint density at radius 3 is 1.93 bits per heavy atom. The molecule has 0 saturated heterocycles. The maximum absolute atomic E-state index is 11.7. The lowest BCUT2D eigenvalue weighted by atomic mass is 10.0. The van der Waals surface area contributed by atoms with E-state index < -0.39 is 5.97 Å². The lowest BCUT2D eigenvalue weighted by molar-refractivity contribution is 0.0366. The van der Waals surface area contributed by atoms with Crippen LogP contribution in [-0.4, -0.2) is 28.4 Å². The van der Waals surface area contributed by atoms with E-state index in [0.717, 1.165) is 30.6 Å². The lowest BCUT2D eigenvalue weighted by Gasteiger charge is -2.23. The number of ether oxygens (including phenoxy) is 1. The number of thioether (sulfide) groups is 1. The second-order valence-corrected chi connectivity index (χ2v) is 13.3. The SMILES string of the molecule is CCCCCCCCC(C)OC(CCc1ccccc1C(=O)O)SCCCCCCCCCCCCc1ccccc1. The Kier molecular flexibility index (Phi) is 21.4. The number of carbonyl (C=O) groups is 1. The van der Waals surface area contributed by atoms with Gasteiger partial charge in [-0.1, -0.05) is 145 Å². The Balaban J connectivity index is 1.59. The molecule has 236 valence electrons. The summed E-state index contributed by atoms with van der Waals surface area (Å²) in [4.78, 5) is 11.7. The number of aryl methyl sites for hydroxylation is 2. The van der Waals surface area contributed by atoms with Crippen LogP contribution in [0, 0.1) is 0 Å². The van der Waals surface area contributed by atoms with Crippen LogP contribution in [0.25, 0.3) is 0 Å². The van der Waals surface area contributed by atoms with E-state index in [1.54, 1.807) is 6.07 Å². The first-order valence-electron chi connectivity index (χ1n) is 17.2. The van der Waals surface area contributed by atoms with E-state index in [-0.39, 0.29) is 11.5 Å². The van der Waals surface area contributed by atoms with E-state index in [1.807, 2.05) is 30.0 Å². The number of carboxylic acid groups (broad SMARTS) is 1. The van der Waals surface area contributed by atoms with Gasteiger partial charge in [0.15, 0.2) is 0 Å². The van der Waals surface area contributed by atoms with E-state index in [2.05, 4.69) is 44.2 Å². The van der Waals surface area contributed by atoms with Crippen molar-refractivity contribution in [2.24, 2.45) is 0 Å². The fourth-order valence-corrected chi connectivity index (χ4v) is 6.84. The molecule has 3 nitrogen and oxygen atoms in total. The molecule has 4 heteroatoms. The molecule has 42 heavy (non-hydrogen) atoms. The molecular weight excluding hydrogens is 536 g/mol. The summed E-state index contributed by atoms with van der Waals surface area (Å²) in [6.45, 7) is 4.48. The summed E-state index contributed by atoms with van der Waals surface area (Å²) in [5, 5.41) is 9.58. The van der Waals surface area contributed by atoms with Gasteiger partial charge in [-0.05, 0) is 68.4 Å². The van der Waals surface area contributed by atoms with Crippen LogP contribution < -0.4 is 0 Å². The molecule has 0 amide bonds. The molecular formula is C38H60O3S. The highest BCUT2D eigenvalue weighted by Crippen LogP contribution is 2.25. The van der Waals surface area contributed by atoms with Gasteiger partial charge in [0.1, 0.15) is 5.44 Å². The Morgan fingerprint density at radius 1 is 0.690 bits per heavy atom. The van der Waals surface area contributed by atoms with E-state index in [4.69, 9.17) is 4.74 Å². The molecule has 2 aromatic carbocycles. The molecule has 0 spiro atoms. The van der Waals surface area contributed by atoms with Crippen LogP contribution in [-0.2, 0) is 17.6 Å². The third-order valence-electron chi connectivity index (χ3n) is 8.25. The molecule has 0 fully saturated rings. The van der Waals surface area contributed by atoms with E-state index in [9.17, 15) is 9.90 Å². The summed E-state index contributed by atoms with van der Waals surface area (Å²) < 4.78 is 6.54. The van der Waals surface area contributed by atoms with Gasteiger partial charge in [0.25, 0.3) is 0 Å². The zero-order valence-electron chi connectivity index (χ0n) is 26.9. The predicted octanol–water partition coefficient (Wildman–Crippen LogP) is 11.7. The normalized spacial score (nSPS) is 12.8. The third-order valence-corrected chi connectivity index (χ3v) is 9.49. The molecule has 0 aliphatic rings. The summed E-state index contributed by atoms with van der Waals surface area (Å²) in [6.07, 6.45) is 25.4. The first-order valence-corrected chi connectivity index (χ1v) is 18.3. The second kappa shape index (κ2) is 24.6. The number of carboxylic acids is 1. The fraction of sp³-hybridized carbons (Fsp3) is 0.658. The van der Waals surface area contributed by atoms with Crippen molar-refractivity contribution in [1.82, 2.24) is 0 Å². The summed E-state index contributed by atoms with van der Waals surface area (Å²) in [7, 11) is 0. The quantitative estimate of drug-likeness (QED) is 0.0823. The van der Waals surface area contributed by atoms with Crippen molar-refractivity contribution in [2.75, 3.05) is 5.75 Å². The molecule has 0 saturated carbocycles. The molecule has 2 rings (SSSR count). The van der Waals surface area contributed by atoms with Crippen molar-refractivity contribution in [3.05, 3.63) is 71.3 Å². The van der Waals surface area contributed by atoms with Gasteiger partial charge < -0.3 is 9.84 Å². The molecule has 0 radical (unpaired) electrons. The molecule has 1 N–H and O–H groups in total. The minimum atomic E-state index is -0.838. The van der Waals surface area contributed by atoms with Gasteiger partial charge in [0.05, 0.1) is 11.7 Å². The minimum absolute atomic E-state index is 0.129. The van der Waals surface area contributed by atoms with Crippen LogP contribution in [0.4, 0.5) is 0 Å². The Morgan fingerprint density at radius 2 is 1.26 bits per heavy atom. The first-order chi connectivity index (χ1) is 20.6. The molecule has 2 unspecified atom stereocenters. The van der Waals surface area contributed by atoms with Crippen LogP contribution in [0.2, 0.25) is 0 Å². The number of aromatic carboxylic acids is 1. The van der Waals surface area contributed by atoms with Crippen molar-refractivity contribution in [3.8, 4) is 0 Å². The average molecular weight is 597 g/mol. The van der Waals surface area contributed by atoms with E-state index in [1.165, 1.54) is 115 Å². The summed E-state index contributed by atoms with van der Waals surface area (Å²) in [5.41, 5.74) is 2.94. The van der Waals surface area contributed by atoms with Gasteiger partial charge in [-0.2, -0.15) is 0 Å². The predicted molar refractivity (Wildman–Crippen MR) is 183 cm³/mol. The zero-order valence-corrected chi connectivity index (χ0v) is 27.7. The standard InChI is InChI=1S/C38H60O3S/c1-3-4-5-6-13-17-24-33(2)41-37(31-30-35-28-21-22-29-36(35)38(39)40)42-32-23-15-12-10-8-7-9-11-14-18-25-34-26-19-16-20-27-34/h16,19-22,26-29,33,37H,3-15,17-18,23-25,30-32H2,1-2H3,(H,39,40).